The summed E-state index contributed by atoms with van der Waals surface area (Å²) in [5, 5.41) is 0. The second-order valence-electron chi connectivity index (χ2n) is 7.49. The molecule has 0 saturated carbocycles. The molecule has 6 nitrogen and oxygen atoms in total. The molecule has 0 atom stereocenters. The largest absolute Gasteiger partial charge is 0.468 e. The quantitative estimate of drug-likeness (QED) is 0.245. The number of hydrogen-bond donors (Lipinski definition) is 0. The van der Waals surface area contributed by atoms with Crippen molar-refractivity contribution in [1.29, 1.82) is 0 Å². The van der Waals surface area contributed by atoms with Crippen LogP contribution >= 0.6 is 0 Å². The van der Waals surface area contributed by atoms with Crippen molar-refractivity contribution in [2.45, 2.75) is 11.5 Å². The van der Waals surface area contributed by atoms with E-state index in [0.29, 0.717) is 0 Å². The molecule has 0 N–H and O–H groups in total. The second kappa shape index (κ2) is 9.53. The maximum Gasteiger partial charge on any atom is 0.326 e. The number of methoxy groups -OCH3 is 2. The van der Waals surface area contributed by atoms with Crippen molar-refractivity contribution < 1.29 is 19.1 Å². The molecule has 1 aromatic heterocycles. The summed E-state index contributed by atoms with van der Waals surface area (Å²) in [5.41, 5.74) is 2.45. The van der Waals surface area contributed by atoms with Crippen molar-refractivity contribution in [3.05, 3.63) is 126 Å². The molecular formula is C27H24N2O4. The molecule has 33 heavy (non-hydrogen) atoms. The number of rotatable bonds is 7. The van der Waals surface area contributed by atoms with Gasteiger partial charge in [-0.3, -0.25) is 9.59 Å². The predicted octanol–water partition coefficient (Wildman–Crippen LogP) is 4.15. The van der Waals surface area contributed by atoms with Crippen LogP contribution in [0.15, 0.2) is 104 Å². The molecule has 4 aromatic rings. The predicted molar refractivity (Wildman–Crippen MR) is 124 cm³/mol. The van der Waals surface area contributed by atoms with E-state index in [0.717, 1.165) is 16.7 Å². The van der Waals surface area contributed by atoms with Gasteiger partial charge in [0.2, 0.25) is 0 Å². The van der Waals surface area contributed by atoms with E-state index >= 15 is 0 Å². The third-order valence-electron chi connectivity index (χ3n) is 5.73. The van der Waals surface area contributed by atoms with Gasteiger partial charge in [-0.25, -0.2) is 4.98 Å². The summed E-state index contributed by atoms with van der Waals surface area (Å²) in [6.07, 6.45) is 3.35. The highest BCUT2D eigenvalue weighted by Crippen LogP contribution is 2.41. The van der Waals surface area contributed by atoms with Crippen molar-refractivity contribution in [2.24, 2.45) is 0 Å². The van der Waals surface area contributed by atoms with Gasteiger partial charge in [0, 0.05) is 6.20 Å². The first kappa shape index (κ1) is 22.0. The Bertz CT molecular complexity index is 1110. The zero-order valence-corrected chi connectivity index (χ0v) is 18.4. The Balaban J connectivity index is 2.01. The minimum Gasteiger partial charge on any atom is -0.468 e. The van der Waals surface area contributed by atoms with E-state index in [1.54, 1.807) is 12.5 Å². The van der Waals surface area contributed by atoms with E-state index < -0.39 is 23.4 Å². The standard InChI is InChI=1S/C27H24N2O4/c1-32-25(30)24(26(31)33-2)23-18-29(19-28-23)27(20-12-6-3-7-13-20,21-14-8-4-9-15-21)22-16-10-5-11-17-22/h3-19,24H,1-2H3. The molecule has 3 aromatic carbocycles. The lowest BCUT2D eigenvalue weighted by atomic mass is 9.76. The van der Waals surface area contributed by atoms with Crippen molar-refractivity contribution in [2.75, 3.05) is 14.2 Å². The van der Waals surface area contributed by atoms with E-state index in [1.165, 1.54) is 14.2 Å². The Morgan fingerprint density at radius 3 is 1.48 bits per heavy atom. The van der Waals surface area contributed by atoms with Crippen molar-refractivity contribution >= 4 is 11.9 Å². The molecule has 0 aliphatic heterocycles. The first-order chi connectivity index (χ1) is 16.1. The highest BCUT2D eigenvalue weighted by molar-refractivity contribution is 6.00. The maximum atomic E-state index is 12.4. The van der Waals surface area contributed by atoms with Gasteiger partial charge in [0.1, 0.15) is 5.54 Å². The van der Waals surface area contributed by atoms with Crippen LogP contribution in [0, 0.1) is 0 Å². The monoisotopic (exact) mass is 440 g/mol. The molecule has 6 heteroatoms. The fourth-order valence-electron chi connectivity index (χ4n) is 4.23. The van der Waals surface area contributed by atoms with Crippen LogP contribution in [-0.4, -0.2) is 35.7 Å². The Kier molecular flexibility index (Phi) is 6.36. The van der Waals surface area contributed by atoms with Crippen molar-refractivity contribution in [3.8, 4) is 0 Å². The van der Waals surface area contributed by atoms with Gasteiger partial charge in [0.25, 0.3) is 0 Å². The normalized spacial score (nSPS) is 11.2. The molecule has 1 heterocycles. The van der Waals surface area contributed by atoms with E-state index in [1.807, 2.05) is 59.2 Å². The summed E-state index contributed by atoms with van der Waals surface area (Å²) in [5.74, 6) is -2.73. The van der Waals surface area contributed by atoms with Gasteiger partial charge in [-0.1, -0.05) is 91.0 Å². The van der Waals surface area contributed by atoms with Crippen LogP contribution in [0.5, 0.6) is 0 Å². The summed E-state index contributed by atoms with van der Waals surface area (Å²) < 4.78 is 11.6. The Morgan fingerprint density at radius 2 is 1.12 bits per heavy atom. The van der Waals surface area contributed by atoms with Crippen molar-refractivity contribution in [3.63, 3.8) is 0 Å². The van der Waals surface area contributed by atoms with E-state index in [2.05, 4.69) is 41.4 Å². The summed E-state index contributed by atoms with van der Waals surface area (Å²) in [7, 11) is 2.47. The Labute approximate surface area is 192 Å². The minimum atomic E-state index is -1.28. The van der Waals surface area contributed by atoms with E-state index in [9.17, 15) is 9.59 Å². The van der Waals surface area contributed by atoms with Crippen LogP contribution in [0.3, 0.4) is 0 Å². The molecule has 0 fully saturated rings. The van der Waals surface area contributed by atoms with Gasteiger partial charge in [0.05, 0.1) is 26.2 Å². The smallest absolute Gasteiger partial charge is 0.326 e. The zero-order valence-electron chi connectivity index (χ0n) is 18.4. The number of benzene rings is 3. The lowest BCUT2D eigenvalue weighted by molar-refractivity contribution is -0.154. The molecule has 0 radical (unpaired) electrons. The second-order valence-corrected chi connectivity index (χ2v) is 7.49. The van der Waals surface area contributed by atoms with Gasteiger partial charge < -0.3 is 14.0 Å². The minimum absolute atomic E-state index is 0.251. The molecule has 0 saturated heterocycles. The Hall–Kier alpha value is -4.19. The average molecular weight is 440 g/mol. The van der Waals surface area contributed by atoms with Crippen LogP contribution in [0.2, 0.25) is 0 Å². The van der Waals surface area contributed by atoms with Gasteiger partial charge in [-0.15, -0.1) is 0 Å². The number of imidazole rings is 1. The SMILES string of the molecule is COC(=O)C(C(=O)OC)c1cn(C(c2ccccc2)(c2ccccc2)c2ccccc2)cn1. The summed E-state index contributed by atoms with van der Waals surface area (Å²) in [6, 6.07) is 30.1. The summed E-state index contributed by atoms with van der Waals surface area (Å²) >= 11 is 0. The van der Waals surface area contributed by atoms with Gasteiger partial charge in [0.15, 0.2) is 5.92 Å². The molecular weight excluding hydrogens is 416 g/mol. The number of aromatic nitrogens is 2. The third-order valence-corrected chi connectivity index (χ3v) is 5.73. The molecule has 0 aliphatic carbocycles. The highest BCUT2D eigenvalue weighted by Gasteiger charge is 2.40. The molecule has 0 bridgehead atoms. The molecule has 0 unspecified atom stereocenters. The Morgan fingerprint density at radius 1 is 0.727 bits per heavy atom. The number of ether oxygens (including phenoxy) is 2. The van der Waals surface area contributed by atoms with Crippen LogP contribution in [0.4, 0.5) is 0 Å². The highest BCUT2D eigenvalue weighted by atomic mass is 16.5. The third kappa shape index (κ3) is 3.91. The summed E-state index contributed by atoms with van der Waals surface area (Å²) in [6.45, 7) is 0. The van der Waals surface area contributed by atoms with Crippen LogP contribution in [0.1, 0.15) is 28.3 Å². The first-order valence-electron chi connectivity index (χ1n) is 10.5. The lowest BCUT2D eigenvalue weighted by Gasteiger charge is -2.37. The van der Waals surface area contributed by atoms with E-state index in [-0.39, 0.29) is 5.69 Å². The van der Waals surface area contributed by atoms with Crippen LogP contribution in [-0.2, 0) is 24.6 Å². The molecule has 0 aliphatic rings. The van der Waals surface area contributed by atoms with E-state index in [4.69, 9.17) is 9.47 Å². The van der Waals surface area contributed by atoms with Crippen LogP contribution in [0.25, 0.3) is 0 Å². The van der Waals surface area contributed by atoms with Crippen molar-refractivity contribution in [1.82, 2.24) is 9.55 Å². The zero-order chi connectivity index (χ0) is 23.3. The number of carbonyl (C=O) groups excluding carboxylic acids is 2. The number of hydrogen-bond acceptors (Lipinski definition) is 5. The number of carbonyl (C=O) groups is 2. The molecule has 0 amide bonds. The topological polar surface area (TPSA) is 70.4 Å². The lowest BCUT2D eigenvalue weighted by Crippen LogP contribution is -2.37. The number of esters is 2. The molecule has 166 valence electrons. The van der Waals surface area contributed by atoms with Gasteiger partial charge in [-0.2, -0.15) is 0 Å². The first-order valence-corrected chi connectivity index (χ1v) is 10.5. The fraction of sp³-hybridized carbons (Fsp3) is 0.148. The maximum absolute atomic E-state index is 12.4. The molecule has 0 spiro atoms. The average Bonchev–Trinajstić information content (AvgIpc) is 3.36. The van der Waals surface area contributed by atoms with Crippen LogP contribution < -0.4 is 0 Å². The number of nitrogens with zero attached hydrogens (tertiary/aromatic N) is 2. The van der Waals surface area contributed by atoms with Gasteiger partial charge in [-0.05, 0) is 16.7 Å². The van der Waals surface area contributed by atoms with Gasteiger partial charge >= 0.3 is 11.9 Å². The molecule has 4 rings (SSSR count). The fourth-order valence-corrected chi connectivity index (χ4v) is 4.23. The summed E-state index contributed by atoms with van der Waals surface area (Å²) in [4.78, 5) is 29.3.